The molecular formula is C22H18BrN5O2. The van der Waals surface area contributed by atoms with E-state index in [2.05, 4.69) is 20.9 Å². The molecule has 0 aliphatic carbocycles. The lowest BCUT2D eigenvalue weighted by molar-refractivity contribution is -0.385. The first kappa shape index (κ1) is 19.8. The van der Waals surface area contributed by atoms with Gasteiger partial charge in [-0.15, -0.1) is 0 Å². The monoisotopic (exact) mass is 463 g/mol. The molecule has 0 spiro atoms. The highest BCUT2D eigenvalue weighted by atomic mass is 79.9. The standard InChI is InChI=1S/C22H18BrN5O2/c1-26(2)17-9-7-16(8-10-17)21-22(27-12-4-3-5-20(27)25-21)24-14-15-6-11-18(23)19(13-15)28(29)30/h3-14H,1-2H3/b24-14+. The topological polar surface area (TPSA) is 76.0 Å². The van der Waals surface area contributed by atoms with Crippen LogP contribution in [0, 0.1) is 10.1 Å². The minimum Gasteiger partial charge on any atom is -0.378 e. The van der Waals surface area contributed by atoms with Gasteiger partial charge in [0.25, 0.3) is 5.69 Å². The average Bonchev–Trinajstić information content (AvgIpc) is 3.11. The third-order valence-corrected chi connectivity index (χ3v) is 5.34. The first-order chi connectivity index (χ1) is 14.4. The van der Waals surface area contributed by atoms with Crippen molar-refractivity contribution in [3.8, 4) is 11.3 Å². The molecule has 0 bridgehead atoms. The molecule has 7 nitrogen and oxygen atoms in total. The van der Waals surface area contributed by atoms with Crippen molar-refractivity contribution in [1.82, 2.24) is 9.38 Å². The van der Waals surface area contributed by atoms with Crippen LogP contribution in [0.3, 0.4) is 0 Å². The molecule has 4 rings (SSSR count). The van der Waals surface area contributed by atoms with Crippen LogP contribution in [-0.2, 0) is 0 Å². The Bertz CT molecular complexity index is 1260. The molecule has 2 heterocycles. The maximum Gasteiger partial charge on any atom is 0.284 e. The van der Waals surface area contributed by atoms with Gasteiger partial charge in [-0.25, -0.2) is 9.98 Å². The third kappa shape index (κ3) is 3.81. The molecule has 30 heavy (non-hydrogen) atoms. The maximum absolute atomic E-state index is 11.2. The van der Waals surface area contributed by atoms with Gasteiger partial charge >= 0.3 is 0 Å². The summed E-state index contributed by atoms with van der Waals surface area (Å²) in [6.07, 6.45) is 3.52. The number of halogens is 1. The van der Waals surface area contributed by atoms with Gasteiger partial charge in [-0.3, -0.25) is 14.5 Å². The number of hydrogen-bond donors (Lipinski definition) is 0. The summed E-state index contributed by atoms with van der Waals surface area (Å²) in [4.78, 5) is 22.2. The lowest BCUT2D eigenvalue weighted by Gasteiger charge is -2.12. The average molecular weight is 464 g/mol. The summed E-state index contributed by atoms with van der Waals surface area (Å²) in [6, 6.07) is 18.8. The first-order valence-corrected chi connectivity index (χ1v) is 9.96. The number of rotatable bonds is 5. The number of imidazole rings is 1. The minimum atomic E-state index is -0.423. The number of pyridine rings is 1. The van der Waals surface area contributed by atoms with Crippen LogP contribution in [0.1, 0.15) is 5.56 Å². The van der Waals surface area contributed by atoms with Crippen molar-refractivity contribution in [3.05, 3.63) is 87.0 Å². The lowest BCUT2D eigenvalue weighted by atomic mass is 10.1. The minimum absolute atomic E-state index is 0.00316. The molecule has 0 aliphatic heterocycles. The summed E-state index contributed by atoms with van der Waals surface area (Å²) < 4.78 is 2.33. The fourth-order valence-electron chi connectivity index (χ4n) is 3.10. The molecular weight excluding hydrogens is 446 g/mol. The van der Waals surface area contributed by atoms with E-state index in [1.807, 2.05) is 72.1 Å². The van der Waals surface area contributed by atoms with E-state index in [9.17, 15) is 10.1 Å². The van der Waals surface area contributed by atoms with Gasteiger partial charge in [-0.05, 0) is 51.8 Å². The van der Waals surface area contributed by atoms with Crippen molar-refractivity contribution in [2.75, 3.05) is 19.0 Å². The highest BCUT2D eigenvalue weighted by molar-refractivity contribution is 9.10. The molecule has 8 heteroatoms. The molecule has 2 aromatic carbocycles. The van der Waals surface area contributed by atoms with E-state index in [1.54, 1.807) is 18.3 Å². The number of benzene rings is 2. The molecule has 0 saturated carbocycles. The second kappa shape index (κ2) is 8.08. The van der Waals surface area contributed by atoms with Crippen LogP contribution in [0.5, 0.6) is 0 Å². The Balaban J connectivity index is 1.80. The van der Waals surface area contributed by atoms with Crippen molar-refractivity contribution >= 4 is 45.0 Å². The largest absolute Gasteiger partial charge is 0.378 e. The number of nitro groups is 1. The molecule has 150 valence electrons. The molecule has 0 fully saturated rings. The van der Waals surface area contributed by atoms with E-state index in [0.717, 1.165) is 22.6 Å². The van der Waals surface area contributed by atoms with Gasteiger partial charge in [0.1, 0.15) is 11.3 Å². The van der Waals surface area contributed by atoms with Gasteiger partial charge in [0.2, 0.25) is 0 Å². The van der Waals surface area contributed by atoms with Crippen molar-refractivity contribution in [1.29, 1.82) is 0 Å². The number of nitro benzene ring substituents is 1. The Morgan fingerprint density at radius 3 is 2.60 bits per heavy atom. The smallest absolute Gasteiger partial charge is 0.284 e. The number of anilines is 1. The Hall–Kier alpha value is -3.52. The number of aliphatic imine (C=N–C) groups is 1. The van der Waals surface area contributed by atoms with E-state index >= 15 is 0 Å². The van der Waals surface area contributed by atoms with E-state index in [1.165, 1.54) is 6.07 Å². The molecule has 0 atom stereocenters. The summed E-state index contributed by atoms with van der Waals surface area (Å²) in [7, 11) is 3.99. The zero-order valence-corrected chi connectivity index (χ0v) is 17.9. The van der Waals surface area contributed by atoms with Gasteiger partial charge in [-0.2, -0.15) is 0 Å². The molecule has 0 N–H and O–H groups in total. The molecule has 4 aromatic rings. The van der Waals surface area contributed by atoms with Crippen LogP contribution < -0.4 is 4.90 Å². The van der Waals surface area contributed by atoms with E-state index in [-0.39, 0.29) is 5.69 Å². The van der Waals surface area contributed by atoms with Crippen LogP contribution >= 0.6 is 15.9 Å². The fourth-order valence-corrected chi connectivity index (χ4v) is 3.49. The Morgan fingerprint density at radius 1 is 1.13 bits per heavy atom. The maximum atomic E-state index is 11.2. The lowest BCUT2D eigenvalue weighted by Crippen LogP contribution is -2.07. The molecule has 0 amide bonds. The highest BCUT2D eigenvalue weighted by Crippen LogP contribution is 2.32. The number of aromatic nitrogens is 2. The van der Waals surface area contributed by atoms with E-state index in [4.69, 9.17) is 4.98 Å². The normalized spacial score (nSPS) is 11.3. The molecule has 2 aromatic heterocycles. The summed E-state index contributed by atoms with van der Waals surface area (Å²) in [5, 5.41) is 11.2. The van der Waals surface area contributed by atoms with Crippen molar-refractivity contribution in [3.63, 3.8) is 0 Å². The zero-order chi connectivity index (χ0) is 21.3. The van der Waals surface area contributed by atoms with Crippen LogP contribution in [0.4, 0.5) is 17.2 Å². The second-order valence-electron chi connectivity index (χ2n) is 6.88. The van der Waals surface area contributed by atoms with Crippen LogP contribution in [0.15, 0.2) is 76.3 Å². The van der Waals surface area contributed by atoms with Crippen molar-refractivity contribution in [2.45, 2.75) is 0 Å². The summed E-state index contributed by atoms with van der Waals surface area (Å²) in [6.45, 7) is 0. The summed E-state index contributed by atoms with van der Waals surface area (Å²) in [5.74, 6) is 0.661. The van der Waals surface area contributed by atoms with E-state index < -0.39 is 4.92 Å². The van der Waals surface area contributed by atoms with Crippen molar-refractivity contribution in [2.24, 2.45) is 4.99 Å². The molecule has 0 unspecified atom stereocenters. The van der Waals surface area contributed by atoms with Gasteiger partial charge in [-0.1, -0.05) is 24.3 Å². The Kier molecular flexibility index (Phi) is 5.33. The fraction of sp³-hybridized carbons (Fsp3) is 0.0909. The zero-order valence-electron chi connectivity index (χ0n) is 16.4. The highest BCUT2D eigenvalue weighted by Gasteiger charge is 2.14. The predicted molar refractivity (Wildman–Crippen MR) is 123 cm³/mol. The van der Waals surface area contributed by atoms with E-state index in [0.29, 0.717) is 15.9 Å². The summed E-state index contributed by atoms with van der Waals surface area (Å²) >= 11 is 3.21. The Labute approximate surface area is 181 Å². The predicted octanol–water partition coefficient (Wildman–Crippen LogP) is 5.49. The van der Waals surface area contributed by atoms with Crippen LogP contribution in [0.2, 0.25) is 0 Å². The van der Waals surface area contributed by atoms with Crippen LogP contribution in [0.25, 0.3) is 16.9 Å². The number of hydrogen-bond acceptors (Lipinski definition) is 5. The summed E-state index contributed by atoms with van der Waals surface area (Å²) in [5.41, 5.74) is 4.18. The van der Waals surface area contributed by atoms with Gasteiger partial charge in [0.15, 0.2) is 5.82 Å². The number of fused-ring (bicyclic) bond motifs is 1. The van der Waals surface area contributed by atoms with Crippen molar-refractivity contribution < 1.29 is 4.92 Å². The SMILES string of the molecule is CN(C)c1ccc(-c2nc3ccccn3c2/N=C/c2ccc(Br)c([N+](=O)[O-])c2)cc1. The van der Waals surface area contributed by atoms with Gasteiger partial charge in [0, 0.05) is 43.8 Å². The first-order valence-electron chi connectivity index (χ1n) is 9.17. The third-order valence-electron chi connectivity index (χ3n) is 4.66. The number of nitrogens with zero attached hydrogens (tertiary/aromatic N) is 5. The van der Waals surface area contributed by atoms with Gasteiger partial charge < -0.3 is 4.90 Å². The molecule has 0 saturated heterocycles. The molecule has 0 aliphatic rings. The Morgan fingerprint density at radius 2 is 1.90 bits per heavy atom. The van der Waals surface area contributed by atoms with Gasteiger partial charge in [0.05, 0.1) is 9.40 Å². The molecule has 0 radical (unpaired) electrons. The van der Waals surface area contributed by atoms with Crippen LogP contribution in [-0.4, -0.2) is 34.6 Å². The second-order valence-corrected chi connectivity index (χ2v) is 7.73. The quantitative estimate of drug-likeness (QED) is 0.222.